The first-order chi connectivity index (χ1) is 13.2. The lowest BCUT2D eigenvalue weighted by Gasteiger charge is -2.19. The molecule has 1 amide bonds. The zero-order valence-electron chi connectivity index (χ0n) is 16.1. The fraction of sp³-hybridized carbons (Fsp3) is 0.318. The SMILES string of the molecule is COCCNC(=O)C[C@H](c1ccccc1OC)c1cn(C)c2ccccc12. The molecule has 2 aromatic carbocycles. The zero-order chi connectivity index (χ0) is 19.2. The molecule has 0 aliphatic heterocycles. The topological polar surface area (TPSA) is 52.5 Å². The monoisotopic (exact) mass is 366 g/mol. The maximum Gasteiger partial charge on any atom is 0.221 e. The quantitative estimate of drug-likeness (QED) is 0.621. The second-order valence-electron chi connectivity index (χ2n) is 6.55. The van der Waals surface area contributed by atoms with Gasteiger partial charge in [0, 0.05) is 55.7 Å². The highest BCUT2D eigenvalue weighted by molar-refractivity contribution is 5.86. The number of hydrogen-bond acceptors (Lipinski definition) is 3. The molecule has 0 bridgehead atoms. The number of benzene rings is 2. The smallest absolute Gasteiger partial charge is 0.221 e. The summed E-state index contributed by atoms with van der Waals surface area (Å²) in [5.74, 6) is 0.686. The van der Waals surface area contributed by atoms with Crippen molar-refractivity contribution in [1.82, 2.24) is 9.88 Å². The third-order valence-electron chi connectivity index (χ3n) is 4.84. The summed E-state index contributed by atoms with van der Waals surface area (Å²) >= 11 is 0. The van der Waals surface area contributed by atoms with Crippen LogP contribution in [0.2, 0.25) is 0 Å². The number of aryl methyl sites for hydroxylation is 1. The summed E-state index contributed by atoms with van der Waals surface area (Å²) in [5.41, 5.74) is 3.28. The Kier molecular flexibility index (Phi) is 6.14. The van der Waals surface area contributed by atoms with Crippen molar-refractivity contribution in [3.63, 3.8) is 0 Å². The number of ether oxygens (including phenoxy) is 2. The number of fused-ring (bicyclic) bond motifs is 1. The molecule has 0 unspecified atom stereocenters. The molecular formula is C22H26N2O3. The lowest BCUT2D eigenvalue weighted by Crippen LogP contribution is -2.28. The van der Waals surface area contributed by atoms with Gasteiger partial charge in [0.1, 0.15) is 5.75 Å². The van der Waals surface area contributed by atoms with E-state index in [2.05, 4.69) is 28.2 Å². The minimum Gasteiger partial charge on any atom is -0.496 e. The third kappa shape index (κ3) is 4.14. The van der Waals surface area contributed by atoms with Gasteiger partial charge in [0.05, 0.1) is 13.7 Å². The third-order valence-corrected chi connectivity index (χ3v) is 4.84. The summed E-state index contributed by atoms with van der Waals surface area (Å²) in [4.78, 5) is 12.6. The van der Waals surface area contributed by atoms with Gasteiger partial charge in [-0.1, -0.05) is 36.4 Å². The highest BCUT2D eigenvalue weighted by atomic mass is 16.5. The van der Waals surface area contributed by atoms with Crippen molar-refractivity contribution in [3.8, 4) is 5.75 Å². The second-order valence-corrected chi connectivity index (χ2v) is 6.55. The van der Waals surface area contributed by atoms with Crippen LogP contribution in [0.5, 0.6) is 5.75 Å². The van der Waals surface area contributed by atoms with Gasteiger partial charge in [-0.05, 0) is 17.7 Å². The summed E-state index contributed by atoms with van der Waals surface area (Å²) in [6.07, 6.45) is 2.46. The minimum atomic E-state index is -0.102. The minimum absolute atomic E-state index is 0.00381. The molecule has 0 aliphatic rings. The van der Waals surface area contributed by atoms with Gasteiger partial charge in [0.25, 0.3) is 0 Å². The van der Waals surface area contributed by atoms with Crippen LogP contribution in [0.25, 0.3) is 10.9 Å². The molecule has 5 heteroatoms. The lowest BCUT2D eigenvalue weighted by molar-refractivity contribution is -0.121. The Morgan fingerprint density at radius 3 is 2.59 bits per heavy atom. The first-order valence-electron chi connectivity index (χ1n) is 9.08. The van der Waals surface area contributed by atoms with Crippen LogP contribution in [0.1, 0.15) is 23.5 Å². The zero-order valence-corrected chi connectivity index (χ0v) is 16.1. The molecule has 0 radical (unpaired) electrons. The summed E-state index contributed by atoms with van der Waals surface area (Å²) in [6, 6.07) is 16.2. The first-order valence-corrected chi connectivity index (χ1v) is 9.08. The van der Waals surface area contributed by atoms with Crippen molar-refractivity contribution < 1.29 is 14.3 Å². The van der Waals surface area contributed by atoms with Crippen LogP contribution in [0.3, 0.4) is 0 Å². The molecule has 1 N–H and O–H groups in total. The molecule has 0 saturated carbocycles. The van der Waals surface area contributed by atoms with E-state index in [0.717, 1.165) is 27.8 Å². The van der Waals surface area contributed by atoms with Gasteiger partial charge in [-0.2, -0.15) is 0 Å². The number of hydrogen-bond donors (Lipinski definition) is 1. The summed E-state index contributed by atoms with van der Waals surface area (Å²) < 4.78 is 12.7. The van der Waals surface area contributed by atoms with E-state index in [1.165, 1.54) is 0 Å². The van der Waals surface area contributed by atoms with Gasteiger partial charge in [0.2, 0.25) is 5.91 Å². The molecule has 3 aromatic rings. The van der Waals surface area contributed by atoms with Crippen LogP contribution in [-0.2, 0) is 16.6 Å². The second kappa shape index (κ2) is 8.73. The molecule has 0 spiro atoms. The first kappa shape index (κ1) is 19.0. The van der Waals surface area contributed by atoms with Crippen LogP contribution in [-0.4, -0.2) is 37.8 Å². The van der Waals surface area contributed by atoms with E-state index >= 15 is 0 Å². The Bertz CT molecular complexity index is 917. The lowest BCUT2D eigenvalue weighted by atomic mass is 9.87. The van der Waals surface area contributed by atoms with Gasteiger partial charge < -0.3 is 19.4 Å². The molecule has 0 fully saturated rings. The van der Waals surface area contributed by atoms with E-state index in [-0.39, 0.29) is 11.8 Å². The number of rotatable bonds is 8. The fourth-order valence-electron chi connectivity index (χ4n) is 3.54. The van der Waals surface area contributed by atoms with Gasteiger partial charge in [0.15, 0.2) is 0 Å². The number of nitrogens with one attached hydrogen (secondary N) is 1. The summed E-state index contributed by atoms with van der Waals surface area (Å²) in [7, 11) is 5.32. The van der Waals surface area contributed by atoms with Crippen molar-refractivity contribution in [2.75, 3.05) is 27.4 Å². The van der Waals surface area contributed by atoms with Crippen LogP contribution in [0, 0.1) is 0 Å². The number of amides is 1. The molecule has 1 atom stereocenters. The Hall–Kier alpha value is -2.79. The van der Waals surface area contributed by atoms with Crippen molar-refractivity contribution in [2.45, 2.75) is 12.3 Å². The number of nitrogens with zero attached hydrogens (tertiary/aromatic N) is 1. The Morgan fingerprint density at radius 1 is 1.07 bits per heavy atom. The van der Waals surface area contributed by atoms with Crippen molar-refractivity contribution in [1.29, 1.82) is 0 Å². The Balaban J connectivity index is 2.03. The predicted octanol–water partition coefficient (Wildman–Crippen LogP) is 3.47. The summed E-state index contributed by atoms with van der Waals surface area (Å²) in [5, 5.41) is 4.09. The van der Waals surface area contributed by atoms with Gasteiger partial charge >= 0.3 is 0 Å². The highest BCUT2D eigenvalue weighted by Crippen LogP contribution is 2.38. The molecule has 3 rings (SSSR count). The number of methoxy groups -OCH3 is 2. The molecular weight excluding hydrogens is 340 g/mol. The van der Waals surface area contributed by atoms with Gasteiger partial charge in [-0.3, -0.25) is 4.79 Å². The van der Waals surface area contributed by atoms with E-state index in [1.54, 1.807) is 14.2 Å². The largest absolute Gasteiger partial charge is 0.496 e. The Labute approximate surface area is 159 Å². The van der Waals surface area contributed by atoms with E-state index in [1.807, 2.05) is 43.4 Å². The number of carbonyl (C=O) groups is 1. The summed E-state index contributed by atoms with van der Waals surface area (Å²) in [6.45, 7) is 1.00. The fourth-order valence-corrected chi connectivity index (χ4v) is 3.54. The van der Waals surface area contributed by atoms with E-state index in [0.29, 0.717) is 19.6 Å². The number of para-hydroxylation sites is 2. The predicted molar refractivity (Wildman–Crippen MR) is 107 cm³/mol. The molecule has 142 valence electrons. The normalized spacial score (nSPS) is 12.1. The molecule has 0 saturated heterocycles. The van der Waals surface area contributed by atoms with Gasteiger partial charge in [-0.25, -0.2) is 0 Å². The van der Waals surface area contributed by atoms with Crippen molar-refractivity contribution in [2.24, 2.45) is 7.05 Å². The van der Waals surface area contributed by atoms with Crippen LogP contribution < -0.4 is 10.1 Å². The van der Waals surface area contributed by atoms with Crippen molar-refractivity contribution >= 4 is 16.8 Å². The molecule has 1 heterocycles. The number of aromatic nitrogens is 1. The molecule has 5 nitrogen and oxygen atoms in total. The average molecular weight is 366 g/mol. The molecule has 27 heavy (non-hydrogen) atoms. The number of carbonyl (C=O) groups excluding carboxylic acids is 1. The maximum atomic E-state index is 12.6. The van der Waals surface area contributed by atoms with Crippen LogP contribution in [0.4, 0.5) is 0 Å². The molecule has 1 aromatic heterocycles. The highest BCUT2D eigenvalue weighted by Gasteiger charge is 2.24. The van der Waals surface area contributed by atoms with E-state index in [9.17, 15) is 4.79 Å². The molecule has 0 aliphatic carbocycles. The van der Waals surface area contributed by atoms with Gasteiger partial charge in [-0.15, -0.1) is 0 Å². The van der Waals surface area contributed by atoms with Crippen LogP contribution in [0.15, 0.2) is 54.7 Å². The average Bonchev–Trinajstić information content (AvgIpc) is 3.03. The van der Waals surface area contributed by atoms with E-state index < -0.39 is 0 Å². The maximum absolute atomic E-state index is 12.6. The van der Waals surface area contributed by atoms with E-state index in [4.69, 9.17) is 9.47 Å². The Morgan fingerprint density at radius 2 is 1.81 bits per heavy atom. The van der Waals surface area contributed by atoms with Crippen molar-refractivity contribution in [3.05, 3.63) is 65.9 Å². The van der Waals surface area contributed by atoms with Crippen LogP contribution >= 0.6 is 0 Å². The standard InChI is InChI=1S/C22H26N2O3/c1-24-15-19(16-8-4-6-10-20(16)24)18(14-22(25)23-12-13-26-2)17-9-5-7-11-21(17)27-3/h4-11,15,18H,12-14H2,1-3H3,(H,23,25)/t18-/m1/s1.